The lowest BCUT2D eigenvalue weighted by Crippen LogP contribution is -2.60. The standard InChI is InChI=1S/C62H56N2Si2/c1-61(2)49-37-41(27-31-45(49)47-33-29-43(39-51(47)61)63-53-17-7-11-21-57(53)65(5,6)58-22-12-8-18-54(58)63)25-26-42-28-32-46-48-34-30-44(40-52(48)62(3,4)50(46)38-42)64-55-19-9-13-23-59(55)66(35-15-16-36-66)60-24-14-10-20-56(60)64/h7-14,17-34,37-40H,15-16,35-36H2,1-6H3/q-1/b26-25+. The van der Waals surface area contributed by atoms with Crippen LogP contribution in [0.25, 0.3) is 34.4 Å². The molecule has 0 amide bonds. The molecule has 1 spiro atoms. The predicted octanol–water partition coefficient (Wildman–Crippen LogP) is 14.2. The van der Waals surface area contributed by atoms with Gasteiger partial charge in [0, 0.05) is 45.0 Å². The Balaban J connectivity index is 0.806. The number of fused-ring (bicyclic) bond motifs is 12. The lowest BCUT2D eigenvalue weighted by atomic mass is 9.81. The number of anilines is 6. The third-order valence-corrected chi connectivity index (χ3v) is 25.6. The van der Waals surface area contributed by atoms with Crippen LogP contribution < -0.4 is 30.5 Å². The van der Waals surface area contributed by atoms with Crippen molar-refractivity contribution < 1.29 is 0 Å². The maximum absolute atomic E-state index is 2.58. The Hall–Kier alpha value is -6.47. The normalized spacial score (nSPS) is 18.0. The monoisotopic (exact) mass is 884 g/mol. The average molecular weight is 885 g/mol. The van der Waals surface area contributed by atoms with Crippen molar-refractivity contribution in [1.29, 1.82) is 0 Å². The summed E-state index contributed by atoms with van der Waals surface area (Å²) in [5, 5.41) is 6.25. The largest absolute Gasteiger partial charge is 0.316 e. The number of hydrogen-bond acceptors (Lipinski definition) is 2. The molecule has 8 aromatic rings. The van der Waals surface area contributed by atoms with E-state index in [2.05, 4.69) is 233 Å². The van der Waals surface area contributed by atoms with Gasteiger partial charge in [-0.1, -0.05) is 182 Å². The van der Waals surface area contributed by atoms with Crippen molar-refractivity contribution >= 4 is 83.2 Å². The Morgan fingerprint density at radius 2 is 0.788 bits per heavy atom. The third-order valence-electron chi connectivity index (χ3n) is 16.8. The summed E-state index contributed by atoms with van der Waals surface area (Å²) in [4.78, 5) is 5.10. The van der Waals surface area contributed by atoms with E-state index in [9.17, 15) is 0 Å². The number of benzene rings is 8. The molecule has 4 heteroatoms. The Morgan fingerprint density at radius 3 is 1.24 bits per heavy atom. The smallest absolute Gasteiger partial charge is 0.123 e. The van der Waals surface area contributed by atoms with Crippen LogP contribution in [-0.4, -0.2) is 16.1 Å². The van der Waals surface area contributed by atoms with Crippen LogP contribution in [0.4, 0.5) is 34.1 Å². The Kier molecular flexibility index (Phi) is 8.47. The summed E-state index contributed by atoms with van der Waals surface area (Å²) in [6.07, 6.45) is 7.34. The first kappa shape index (κ1) is 39.9. The van der Waals surface area contributed by atoms with Crippen LogP contribution in [0.15, 0.2) is 170 Å². The molecular formula is C62H56N2Si2-. The molecule has 0 saturated carbocycles. The first-order valence-corrected chi connectivity index (χ1v) is 29.6. The van der Waals surface area contributed by atoms with Crippen LogP contribution >= 0.6 is 0 Å². The molecule has 0 radical (unpaired) electrons. The van der Waals surface area contributed by atoms with E-state index in [0.717, 1.165) is 0 Å². The zero-order valence-corrected chi connectivity index (χ0v) is 41.0. The minimum absolute atomic E-state index is 0.139. The van der Waals surface area contributed by atoms with Crippen LogP contribution in [0.5, 0.6) is 0 Å². The molecular weight excluding hydrogens is 829 g/mol. The van der Waals surface area contributed by atoms with Gasteiger partial charge in [-0.05, 0) is 127 Å². The second kappa shape index (κ2) is 14.0. The molecule has 2 nitrogen and oxygen atoms in total. The molecule has 13 rings (SSSR count). The van der Waals surface area contributed by atoms with Crippen molar-refractivity contribution in [3.8, 4) is 22.3 Å². The first-order valence-electron chi connectivity index (χ1n) is 24.2. The number of para-hydroxylation sites is 4. The van der Waals surface area contributed by atoms with Gasteiger partial charge in [0.1, 0.15) is 8.07 Å². The lowest BCUT2D eigenvalue weighted by molar-refractivity contribution is 0.660. The van der Waals surface area contributed by atoms with Gasteiger partial charge in [0.15, 0.2) is 0 Å². The number of hydrogen-bond donors (Lipinski definition) is 0. The van der Waals surface area contributed by atoms with E-state index in [1.165, 1.54) is 125 Å². The molecule has 0 unspecified atom stereocenters. The summed E-state index contributed by atoms with van der Waals surface area (Å²) in [6, 6.07) is 68.4. The van der Waals surface area contributed by atoms with Gasteiger partial charge < -0.3 is 9.80 Å². The third kappa shape index (κ3) is 5.46. The van der Waals surface area contributed by atoms with Gasteiger partial charge in [0.2, 0.25) is 0 Å². The molecule has 8 aromatic carbocycles. The highest BCUT2D eigenvalue weighted by molar-refractivity contribution is 7.05. The van der Waals surface area contributed by atoms with E-state index in [1.807, 2.05) is 0 Å². The van der Waals surface area contributed by atoms with E-state index in [1.54, 1.807) is 10.4 Å². The minimum Gasteiger partial charge on any atom is -0.316 e. The number of nitrogens with zero attached hydrogens (tertiary/aromatic N) is 2. The van der Waals surface area contributed by atoms with Crippen LogP contribution in [0, 0.1) is 0 Å². The summed E-state index contributed by atoms with van der Waals surface area (Å²) < 4.78 is 0. The second-order valence-electron chi connectivity index (χ2n) is 21.3. The van der Waals surface area contributed by atoms with Gasteiger partial charge in [-0.15, -0.1) is 0 Å². The van der Waals surface area contributed by atoms with E-state index >= 15 is 0 Å². The molecule has 3 aliphatic heterocycles. The van der Waals surface area contributed by atoms with E-state index in [-0.39, 0.29) is 10.8 Å². The molecule has 323 valence electrons. The highest BCUT2D eigenvalue weighted by atomic mass is 28.3. The quantitative estimate of drug-likeness (QED) is 0.128. The predicted molar refractivity (Wildman–Crippen MR) is 287 cm³/mol. The summed E-state index contributed by atoms with van der Waals surface area (Å²) in [6.45, 7) is 14.6. The highest BCUT2D eigenvalue weighted by Gasteiger charge is 2.47. The second-order valence-corrected chi connectivity index (χ2v) is 29.9. The van der Waals surface area contributed by atoms with Gasteiger partial charge in [-0.25, -0.2) is 0 Å². The molecule has 3 heterocycles. The maximum Gasteiger partial charge on any atom is 0.123 e. The van der Waals surface area contributed by atoms with E-state index in [4.69, 9.17) is 0 Å². The fourth-order valence-electron chi connectivity index (χ4n) is 13.3. The van der Waals surface area contributed by atoms with Crippen molar-refractivity contribution in [2.24, 2.45) is 0 Å². The Bertz CT molecular complexity index is 3280. The van der Waals surface area contributed by atoms with E-state index < -0.39 is 16.1 Å². The fraction of sp³-hybridized carbons (Fsp3) is 0.194. The average Bonchev–Trinajstić information content (AvgIpc) is 3.98. The maximum atomic E-state index is 2.58. The van der Waals surface area contributed by atoms with Crippen LogP contribution in [0.2, 0.25) is 25.2 Å². The van der Waals surface area contributed by atoms with Gasteiger partial charge >= 0.3 is 0 Å². The van der Waals surface area contributed by atoms with Gasteiger partial charge in [0.25, 0.3) is 0 Å². The molecule has 1 fully saturated rings. The lowest BCUT2D eigenvalue weighted by Gasteiger charge is -2.49. The summed E-state index contributed by atoms with van der Waals surface area (Å²) >= 11 is 0. The molecule has 0 N–H and O–H groups in total. The number of rotatable bonds is 4. The van der Waals surface area contributed by atoms with Crippen molar-refractivity contribution in [2.75, 3.05) is 9.80 Å². The summed E-state index contributed by atoms with van der Waals surface area (Å²) in [5.74, 6) is 0. The SMILES string of the molecule is CC1(C)c2cc(/C=C/c3ccc4c(c3)C(C)(C)c3cc(N5c6ccccc6[Si-](C)(C)c6ccccc65)ccc3-4)ccc2-c2ccc(N3c4ccccc4[Si]4(CCCC4)c4ccccc43)cc21. The Morgan fingerprint density at radius 1 is 0.424 bits per heavy atom. The van der Waals surface area contributed by atoms with Crippen molar-refractivity contribution in [3.05, 3.63) is 203 Å². The molecule has 2 aliphatic carbocycles. The molecule has 0 aromatic heterocycles. The van der Waals surface area contributed by atoms with Crippen molar-refractivity contribution in [1.82, 2.24) is 0 Å². The summed E-state index contributed by atoms with van der Waals surface area (Å²) in [5.41, 5.74) is 21.1. The van der Waals surface area contributed by atoms with Gasteiger partial charge in [-0.2, -0.15) is 23.5 Å². The highest BCUT2D eigenvalue weighted by Crippen LogP contribution is 2.54. The zero-order valence-electron chi connectivity index (χ0n) is 39.0. The molecule has 5 aliphatic rings. The van der Waals surface area contributed by atoms with Gasteiger partial charge in [-0.3, -0.25) is 0 Å². The first-order chi connectivity index (χ1) is 32.0. The zero-order chi connectivity index (χ0) is 44.7. The van der Waals surface area contributed by atoms with Crippen LogP contribution in [0.3, 0.4) is 0 Å². The summed E-state index contributed by atoms with van der Waals surface area (Å²) in [7, 11) is -3.64. The van der Waals surface area contributed by atoms with Crippen LogP contribution in [0.1, 0.15) is 73.9 Å². The van der Waals surface area contributed by atoms with Crippen LogP contribution in [-0.2, 0) is 10.8 Å². The Labute approximate surface area is 393 Å². The topological polar surface area (TPSA) is 6.48 Å². The minimum atomic E-state index is -1.85. The molecule has 1 saturated heterocycles. The molecule has 66 heavy (non-hydrogen) atoms. The van der Waals surface area contributed by atoms with Crippen molar-refractivity contribution in [2.45, 2.75) is 76.5 Å². The van der Waals surface area contributed by atoms with Crippen molar-refractivity contribution in [3.63, 3.8) is 0 Å². The van der Waals surface area contributed by atoms with Gasteiger partial charge in [0.05, 0.1) is 0 Å². The van der Waals surface area contributed by atoms with E-state index in [0.29, 0.717) is 0 Å². The molecule has 0 bridgehead atoms. The fourth-order valence-corrected chi connectivity index (χ4v) is 21.8. The molecule has 0 atom stereocenters.